The van der Waals surface area contributed by atoms with Gasteiger partial charge in [0.1, 0.15) is 0 Å². The van der Waals surface area contributed by atoms with E-state index in [1.54, 1.807) is 0 Å². The fraction of sp³-hybridized carbons (Fsp3) is 0. The highest BCUT2D eigenvalue weighted by Crippen LogP contribution is 2.46. The van der Waals surface area contributed by atoms with Crippen molar-refractivity contribution in [2.45, 2.75) is 0 Å². The number of para-hydroxylation sites is 2. The summed E-state index contributed by atoms with van der Waals surface area (Å²) < 4.78 is 2.46. The average Bonchev–Trinajstić information content (AvgIpc) is 3.73. The summed E-state index contributed by atoms with van der Waals surface area (Å²) in [4.78, 5) is 2.45. The minimum atomic E-state index is 1.09. The summed E-state index contributed by atoms with van der Waals surface area (Å²) >= 11 is 0. The summed E-state index contributed by atoms with van der Waals surface area (Å²) in [5.41, 5.74) is 16.5. The van der Waals surface area contributed by atoms with Crippen molar-refractivity contribution in [3.8, 4) is 50.2 Å². The lowest BCUT2D eigenvalue weighted by Crippen LogP contribution is -2.11. The van der Waals surface area contributed by atoms with Gasteiger partial charge in [-0.3, -0.25) is 0 Å². The number of hydrogen-bond acceptors (Lipinski definition) is 1. The molecule has 308 valence electrons. The predicted molar refractivity (Wildman–Crippen MR) is 281 cm³/mol. The third-order valence-corrected chi connectivity index (χ3v) is 13.5. The first-order chi connectivity index (χ1) is 32.7. The second kappa shape index (κ2) is 15.5. The van der Waals surface area contributed by atoms with Crippen molar-refractivity contribution in [3.05, 3.63) is 255 Å². The van der Waals surface area contributed by atoms with Gasteiger partial charge in [-0.1, -0.05) is 200 Å². The van der Waals surface area contributed by atoms with Crippen molar-refractivity contribution in [1.29, 1.82) is 0 Å². The molecule has 0 saturated heterocycles. The summed E-state index contributed by atoms with van der Waals surface area (Å²) in [6.45, 7) is 0. The Morgan fingerprint density at radius 1 is 0.258 bits per heavy atom. The van der Waals surface area contributed by atoms with Crippen LogP contribution < -0.4 is 4.90 Å². The van der Waals surface area contributed by atoms with Gasteiger partial charge in [-0.2, -0.15) is 0 Å². The summed E-state index contributed by atoms with van der Waals surface area (Å²) in [6.07, 6.45) is 0. The molecule has 2 nitrogen and oxygen atoms in total. The summed E-state index contributed by atoms with van der Waals surface area (Å²) in [7, 11) is 0. The lowest BCUT2D eigenvalue weighted by molar-refractivity contribution is 1.20. The van der Waals surface area contributed by atoms with Crippen LogP contribution in [0.15, 0.2) is 255 Å². The Labute approximate surface area is 383 Å². The topological polar surface area (TPSA) is 8.17 Å². The molecule has 0 saturated carbocycles. The number of benzene rings is 12. The third kappa shape index (κ3) is 6.26. The molecule has 13 rings (SSSR count). The maximum absolute atomic E-state index is 2.46. The van der Waals surface area contributed by atoms with Crippen LogP contribution in [0.5, 0.6) is 0 Å². The zero-order valence-electron chi connectivity index (χ0n) is 36.1. The van der Waals surface area contributed by atoms with Gasteiger partial charge in [0.2, 0.25) is 0 Å². The molecule has 0 fully saturated rings. The van der Waals surface area contributed by atoms with E-state index in [9.17, 15) is 0 Å². The van der Waals surface area contributed by atoms with Gasteiger partial charge in [0.15, 0.2) is 0 Å². The molecule has 0 aliphatic heterocycles. The minimum Gasteiger partial charge on any atom is -0.310 e. The molecule has 1 heterocycles. The SMILES string of the molecule is c1ccc(-c2ccc(-c3ccc(N(c4cccc(-c5cccc(-c6ccccc6)c5)c4)c4ccc5ccc6c(-n7c8ccccc8c8ccccc87)ccc7ccc4c5c76)cc3)cc2)cc1. The third-order valence-electron chi connectivity index (χ3n) is 13.5. The molecule has 0 aliphatic rings. The Bertz CT molecular complexity index is 3850. The van der Waals surface area contributed by atoms with Gasteiger partial charge in [-0.25, -0.2) is 0 Å². The quantitative estimate of drug-likeness (QED) is 0.138. The molecular formula is C64H42N2. The van der Waals surface area contributed by atoms with Crippen LogP contribution in [0.2, 0.25) is 0 Å². The first-order valence-corrected chi connectivity index (χ1v) is 22.7. The Balaban J connectivity index is 0.987. The second-order valence-corrected chi connectivity index (χ2v) is 17.3. The van der Waals surface area contributed by atoms with Crippen LogP contribution in [0, 0.1) is 0 Å². The molecule has 1 aromatic heterocycles. The largest absolute Gasteiger partial charge is 0.310 e. The van der Waals surface area contributed by atoms with Crippen molar-refractivity contribution in [3.63, 3.8) is 0 Å². The van der Waals surface area contributed by atoms with E-state index in [2.05, 4.69) is 264 Å². The highest BCUT2D eigenvalue weighted by molar-refractivity contribution is 6.27. The molecular weight excluding hydrogens is 797 g/mol. The first kappa shape index (κ1) is 37.8. The molecule has 0 atom stereocenters. The van der Waals surface area contributed by atoms with Crippen LogP contribution in [-0.2, 0) is 0 Å². The van der Waals surface area contributed by atoms with E-state index in [4.69, 9.17) is 0 Å². The smallest absolute Gasteiger partial charge is 0.0541 e. The summed E-state index contributed by atoms with van der Waals surface area (Å²) in [5, 5.41) is 10.0. The number of nitrogens with zero attached hydrogens (tertiary/aromatic N) is 2. The Kier molecular flexibility index (Phi) is 8.89. The zero-order chi connectivity index (χ0) is 43.6. The molecule has 0 spiro atoms. The monoisotopic (exact) mass is 838 g/mol. The number of rotatable bonds is 8. The van der Waals surface area contributed by atoms with E-state index >= 15 is 0 Å². The van der Waals surface area contributed by atoms with Gasteiger partial charge in [0.05, 0.1) is 22.4 Å². The lowest BCUT2D eigenvalue weighted by Gasteiger charge is -2.28. The molecule has 0 aliphatic carbocycles. The van der Waals surface area contributed by atoms with E-state index in [0.29, 0.717) is 0 Å². The summed E-state index contributed by atoms with van der Waals surface area (Å²) in [5.74, 6) is 0. The van der Waals surface area contributed by atoms with Crippen LogP contribution in [0.3, 0.4) is 0 Å². The predicted octanol–water partition coefficient (Wildman–Crippen LogP) is 17.8. The van der Waals surface area contributed by atoms with E-state index in [1.807, 2.05) is 0 Å². The fourth-order valence-electron chi connectivity index (χ4n) is 10.4. The maximum atomic E-state index is 2.46. The molecule has 13 aromatic rings. The number of hydrogen-bond donors (Lipinski definition) is 0. The molecule has 2 heteroatoms. The van der Waals surface area contributed by atoms with Gasteiger partial charge >= 0.3 is 0 Å². The normalized spacial score (nSPS) is 11.6. The maximum Gasteiger partial charge on any atom is 0.0541 e. The van der Waals surface area contributed by atoms with Crippen LogP contribution >= 0.6 is 0 Å². The molecule has 0 unspecified atom stereocenters. The Hall–Kier alpha value is -8.72. The first-order valence-electron chi connectivity index (χ1n) is 22.7. The molecule has 66 heavy (non-hydrogen) atoms. The van der Waals surface area contributed by atoms with Gasteiger partial charge in [-0.15, -0.1) is 0 Å². The van der Waals surface area contributed by atoms with E-state index in [-0.39, 0.29) is 0 Å². The fourth-order valence-corrected chi connectivity index (χ4v) is 10.4. The molecule has 0 bridgehead atoms. The highest BCUT2D eigenvalue weighted by Gasteiger charge is 2.21. The van der Waals surface area contributed by atoms with Crippen LogP contribution in [0.25, 0.3) is 104 Å². The van der Waals surface area contributed by atoms with Gasteiger partial charge in [0.25, 0.3) is 0 Å². The molecule has 0 radical (unpaired) electrons. The van der Waals surface area contributed by atoms with Crippen LogP contribution in [0.1, 0.15) is 0 Å². The lowest BCUT2D eigenvalue weighted by atomic mass is 9.92. The number of anilines is 3. The standard InChI is InChI=1S/C64H42N2/c1-3-13-43(14-4-1)45-25-27-46(28-26-45)47-29-35-53(36-30-47)65(54-20-12-19-52(42-54)51-18-11-17-50(41-51)44-15-5-2-6-16-44)61-39-33-48-32-38-58-62(40-34-49-31-37-57(61)63(48)64(49)58)66-59-23-9-7-21-55(59)56-22-8-10-24-60(56)66/h1-42H. The molecule has 12 aromatic carbocycles. The average molecular weight is 839 g/mol. The van der Waals surface area contributed by atoms with Crippen molar-refractivity contribution < 1.29 is 0 Å². The second-order valence-electron chi connectivity index (χ2n) is 17.3. The van der Waals surface area contributed by atoms with Crippen LogP contribution in [-0.4, -0.2) is 4.57 Å². The molecule has 0 N–H and O–H groups in total. The molecule has 0 amide bonds. The van der Waals surface area contributed by atoms with Crippen molar-refractivity contribution in [1.82, 2.24) is 4.57 Å². The van der Waals surface area contributed by atoms with Gasteiger partial charge in [0, 0.05) is 32.9 Å². The minimum absolute atomic E-state index is 1.09. The zero-order valence-corrected chi connectivity index (χ0v) is 36.1. The van der Waals surface area contributed by atoms with E-state index in [0.717, 1.165) is 17.1 Å². The van der Waals surface area contributed by atoms with E-state index < -0.39 is 0 Å². The summed E-state index contributed by atoms with van der Waals surface area (Å²) in [6, 6.07) is 93.3. The van der Waals surface area contributed by atoms with Crippen molar-refractivity contribution in [2.24, 2.45) is 0 Å². The Morgan fingerprint density at radius 3 is 1.33 bits per heavy atom. The van der Waals surface area contributed by atoms with Crippen molar-refractivity contribution >= 4 is 71.2 Å². The number of fused-ring (bicyclic) bond motifs is 3. The van der Waals surface area contributed by atoms with Gasteiger partial charge < -0.3 is 9.47 Å². The number of aromatic nitrogens is 1. The van der Waals surface area contributed by atoms with Gasteiger partial charge in [-0.05, 0) is 121 Å². The van der Waals surface area contributed by atoms with Crippen molar-refractivity contribution in [2.75, 3.05) is 4.90 Å². The Morgan fingerprint density at radius 2 is 0.697 bits per heavy atom. The highest BCUT2D eigenvalue weighted by atomic mass is 15.1. The van der Waals surface area contributed by atoms with Crippen LogP contribution in [0.4, 0.5) is 17.1 Å². The van der Waals surface area contributed by atoms with E-state index in [1.165, 1.54) is 104 Å².